The van der Waals surface area contributed by atoms with Crippen LogP contribution in [0, 0.1) is 24.0 Å². The molecule has 21 heteroatoms. The average molecular weight is 981 g/mol. The van der Waals surface area contributed by atoms with Crippen molar-refractivity contribution in [3.63, 3.8) is 0 Å². The minimum absolute atomic E-state index is 0.0497. The van der Waals surface area contributed by atoms with Crippen molar-refractivity contribution in [3.05, 3.63) is 70.7 Å². The molecule has 4 aromatic rings. The summed E-state index contributed by atoms with van der Waals surface area (Å²) < 4.78 is 60.1. The van der Waals surface area contributed by atoms with Gasteiger partial charge in [-0.25, -0.2) is 18.1 Å². The zero-order valence-electron chi connectivity index (χ0n) is 38.1. The van der Waals surface area contributed by atoms with Gasteiger partial charge in [0.1, 0.15) is 18.2 Å². The van der Waals surface area contributed by atoms with Crippen molar-refractivity contribution in [3.8, 4) is 27.4 Å². The lowest BCUT2D eigenvalue weighted by Gasteiger charge is -2.36. The largest absolute Gasteiger partial charge is 0.486 e. The third-order valence-electron chi connectivity index (χ3n) is 12.7. The predicted molar refractivity (Wildman–Crippen MR) is 247 cm³/mol. The Morgan fingerprint density at radius 2 is 1.72 bits per heavy atom. The van der Waals surface area contributed by atoms with Gasteiger partial charge in [0.05, 0.1) is 48.9 Å². The third-order valence-corrected chi connectivity index (χ3v) is 14.5. The number of likely N-dealkylation sites (tertiary alicyclic amines) is 1. The lowest BCUT2D eigenvalue weighted by atomic mass is 9.85. The van der Waals surface area contributed by atoms with Gasteiger partial charge in [-0.05, 0) is 65.5 Å². The van der Waals surface area contributed by atoms with Gasteiger partial charge in [0.25, 0.3) is 5.91 Å². The van der Waals surface area contributed by atoms with Crippen LogP contribution < -0.4 is 30.9 Å². The number of β-amino-alcohol motifs (C(OH)–C–C–N with tert-alkyl or cyclic N) is 1. The van der Waals surface area contributed by atoms with Crippen LogP contribution in [0.3, 0.4) is 0 Å². The van der Waals surface area contributed by atoms with E-state index in [0.717, 1.165) is 27.2 Å². The number of nitrogens with one attached hydrogen (secondary N) is 4. The van der Waals surface area contributed by atoms with E-state index >= 15 is 4.39 Å². The number of thiazole rings is 1. The van der Waals surface area contributed by atoms with Crippen molar-refractivity contribution >= 4 is 57.5 Å². The molecule has 2 aromatic carbocycles. The molecule has 16 nitrogen and oxygen atoms in total. The Morgan fingerprint density at radius 1 is 1.00 bits per heavy atom. The number of benzene rings is 2. The third kappa shape index (κ3) is 11.1. The molecule has 4 heterocycles. The molecule has 5 N–H and O–H groups in total. The van der Waals surface area contributed by atoms with Crippen LogP contribution in [-0.4, -0.2) is 124 Å². The van der Waals surface area contributed by atoms with Crippen LogP contribution >= 0.6 is 22.9 Å². The van der Waals surface area contributed by atoms with Gasteiger partial charge in [-0.1, -0.05) is 45.0 Å². The average Bonchev–Trinajstić information content (AvgIpc) is 3.60. The van der Waals surface area contributed by atoms with E-state index < -0.39 is 89.1 Å². The van der Waals surface area contributed by atoms with Gasteiger partial charge in [0.15, 0.2) is 22.4 Å². The number of morpholine rings is 1. The molecular weight excluding hydrogens is 926 g/mol. The van der Waals surface area contributed by atoms with Crippen molar-refractivity contribution in [2.45, 2.75) is 108 Å². The molecule has 2 saturated heterocycles. The molecule has 0 bridgehead atoms. The summed E-state index contributed by atoms with van der Waals surface area (Å²) in [7, 11) is 0. The van der Waals surface area contributed by atoms with Crippen LogP contribution in [0.5, 0.6) is 5.75 Å². The van der Waals surface area contributed by atoms with Crippen LogP contribution in [0.1, 0.15) is 76.5 Å². The summed E-state index contributed by atoms with van der Waals surface area (Å²) in [4.78, 5) is 76.5. The number of nitrogens with zero attached hydrogens (tertiary/aromatic N) is 4. The Kier molecular flexibility index (Phi) is 14.5. The highest BCUT2D eigenvalue weighted by Gasteiger charge is 2.53. The second-order valence-electron chi connectivity index (χ2n) is 19.0. The molecule has 4 atom stereocenters. The fourth-order valence-corrected chi connectivity index (χ4v) is 10.1. The molecule has 2 aliphatic carbocycles. The Labute approximate surface area is 399 Å². The van der Waals surface area contributed by atoms with Crippen LogP contribution in [0.4, 0.5) is 18.3 Å². The van der Waals surface area contributed by atoms with Gasteiger partial charge in [-0.2, -0.15) is 4.39 Å². The van der Waals surface area contributed by atoms with Crippen molar-refractivity contribution in [1.29, 1.82) is 0 Å². The fourth-order valence-electron chi connectivity index (χ4n) is 8.47. The Morgan fingerprint density at radius 3 is 2.38 bits per heavy atom. The lowest BCUT2D eigenvalue weighted by Crippen LogP contribution is -2.59. The first-order valence-corrected chi connectivity index (χ1v) is 24.3. The highest BCUT2D eigenvalue weighted by Crippen LogP contribution is 2.41. The van der Waals surface area contributed by atoms with Gasteiger partial charge in [-0.15, -0.1) is 11.3 Å². The highest BCUT2D eigenvalue weighted by molar-refractivity contribution is 7.14. The second kappa shape index (κ2) is 20.1. The van der Waals surface area contributed by atoms with E-state index in [-0.39, 0.29) is 44.0 Å². The van der Waals surface area contributed by atoms with Gasteiger partial charge in [0.2, 0.25) is 29.4 Å². The Hall–Kier alpha value is -5.64. The van der Waals surface area contributed by atoms with E-state index in [1.54, 1.807) is 44.5 Å². The molecule has 2 aliphatic heterocycles. The number of aryl methyl sites for hydroxylation is 1. The van der Waals surface area contributed by atoms with E-state index in [1.807, 2.05) is 19.1 Å². The van der Waals surface area contributed by atoms with Gasteiger partial charge < -0.3 is 45.6 Å². The Balaban J connectivity index is 0.887. The van der Waals surface area contributed by atoms with Gasteiger partial charge in [-0.3, -0.25) is 24.0 Å². The smallest absolute Gasteiger partial charge is 0.258 e. The maximum atomic E-state index is 15.2. The number of rotatable bonds is 16. The van der Waals surface area contributed by atoms with E-state index in [4.69, 9.17) is 9.47 Å². The quantitative estimate of drug-likeness (QED) is 0.104. The molecule has 364 valence electrons. The van der Waals surface area contributed by atoms with Gasteiger partial charge in [0, 0.05) is 62.1 Å². The second-order valence-corrected chi connectivity index (χ2v) is 20.6. The summed E-state index contributed by atoms with van der Waals surface area (Å²) in [6.45, 7) is 8.91. The summed E-state index contributed by atoms with van der Waals surface area (Å²) >= 11 is 2.71. The predicted octanol–water partition coefficient (Wildman–Crippen LogP) is 4.74. The van der Waals surface area contributed by atoms with Crippen molar-refractivity contribution in [2.24, 2.45) is 5.41 Å². The number of carbonyl (C=O) groups is 5. The molecule has 68 heavy (non-hydrogen) atoms. The molecule has 0 spiro atoms. The molecule has 2 aromatic heterocycles. The van der Waals surface area contributed by atoms with E-state index in [2.05, 4.69) is 35.5 Å². The molecule has 4 fully saturated rings. The minimum atomic E-state index is -2.04. The number of alkyl halides is 1. The van der Waals surface area contributed by atoms with Crippen molar-refractivity contribution < 1.29 is 51.7 Å². The first-order valence-electron chi connectivity index (χ1n) is 22.7. The number of amides is 5. The zero-order chi connectivity index (χ0) is 48.5. The van der Waals surface area contributed by atoms with E-state index in [1.165, 1.54) is 33.8 Å². The molecule has 8 rings (SSSR count). The minimum Gasteiger partial charge on any atom is -0.486 e. The number of anilines is 1. The molecular formula is C47H55F3N8O8S2. The number of hydrogen-bond donors (Lipinski definition) is 5. The molecule has 2 saturated carbocycles. The number of aliphatic hydroxyl groups is 1. The lowest BCUT2D eigenvalue weighted by molar-refractivity contribution is -0.145. The molecule has 5 amide bonds. The van der Waals surface area contributed by atoms with Crippen LogP contribution in [0.25, 0.3) is 21.7 Å². The number of ether oxygens (including phenoxy) is 2. The molecule has 0 radical (unpaired) electrons. The number of halogens is 3. The first-order chi connectivity index (χ1) is 32.4. The monoisotopic (exact) mass is 980 g/mol. The summed E-state index contributed by atoms with van der Waals surface area (Å²) in [5.74, 6) is -5.75. The van der Waals surface area contributed by atoms with Crippen LogP contribution in [-0.2, 0) is 28.7 Å². The van der Waals surface area contributed by atoms with Crippen LogP contribution in [0.2, 0.25) is 0 Å². The topological polar surface area (TPSA) is 204 Å². The van der Waals surface area contributed by atoms with Crippen LogP contribution in [0.15, 0.2) is 48.0 Å². The first kappa shape index (κ1) is 48.8. The zero-order valence-corrected chi connectivity index (χ0v) is 39.7. The van der Waals surface area contributed by atoms with Crippen molar-refractivity contribution in [1.82, 2.24) is 35.5 Å². The molecule has 2 unspecified atom stereocenters. The Bertz CT molecular complexity index is 2520. The molecule has 4 aliphatic rings. The van der Waals surface area contributed by atoms with Gasteiger partial charge >= 0.3 is 0 Å². The maximum Gasteiger partial charge on any atom is 0.258 e. The van der Waals surface area contributed by atoms with E-state index in [0.29, 0.717) is 56.0 Å². The standard InChI is InChI=1S/C47H55F3N8O8S2/c1-25-21-52-68-40(25)27-7-5-26(6-8-27)33(54-42(62)35-19-29(59)23-58(35)43(63)41(46(2,3)4)56-44(64)47(50)11-12-47)20-36(60)51-22-37(61)53-28-17-30(18-28)66-39-31(9-10-32(48)38(39)49)34-24-67-45(55-34)57-13-15-65-16-14-57/h5-10,21,24,28-30,33,35,41,59H,11-20,22-23H2,1-4H3,(H,51,60)(H,53,61)(H,54,62)(H,56,64)/t28?,29-,30?,33?,35?,41-/m1/s1. The number of aliphatic hydroxyl groups excluding tert-OH is 1. The summed E-state index contributed by atoms with van der Waals surface area (Å²) in [6.07, 6.45) is 0.413. The number of hydrogen-bond acceptors (Lipinski definition) is 13. The van der Waals surface area contributed by atoms with E-state index in [9.17, 15) is 37.9 Å². The summed E-state index contributed by atoms with van der Waals surface area (Å²) in [5, 5.41) is 24.1. The number of carbonyl (C=O) groups excluding carboxylic acids is 5. The maximum absolute atomic E-state index is 15.2. The number of aromatic nitrogens is 2. The fraction of sp³-hybridized carbons (Fsp3) is 0.511. The normalized spacial score (nSPS) is 21.8. The van der Waals surface area contributed by atoms with Crippen molar-refractivity contribution in [2.75, 3.05) is 44.3 Å². The summed E-state index contributed by atoms with van der Waals surface area (Å²) in [6, 6.07) is 5.95. The SMILES string of the molecule is Cc1cnsc1-c1ccc(C(CC(=O)NCC(=O)NC2CC(Oc3c(-c4csc(N5CCOCC5)n4)ccc(F)c3F)C2)NC(=O)C2C[C@@H](O)CN2C(=O)[C@@H](NC(=O)C2(F)CC2)C(C)(C)C)cc1. The summed E-state index contributed by atoms with van der Waals surface area (Å²) in [5.41, 5.74) is 0.222. The highest BCUT2D eigenvalue weighted by atomic mass is 32.1.